The van der Waals surface area contributed by atoms with Crippen LogP contribution in [0.4, 0.5) is 8.78 Å². The second kappa shape index (κ2) is 12.8. The quantitative estimate of drug-likeness (QED) is 0.124. The minimum absolute atomic E-state index is 0.0558. The number of carbonyl (C=O) groups is 1. The van der Waals surface area contributed by atoms with Crippen molar-refractivity contribution >= 4 is 27.3 Å². The SMILES string of the molecule is C=CC(=O)N1CCn2nc(-c3nc(-c4ccc5c(c4)CCN(C)C5(C)C)c4ccsc4c3-c3c(F)cc(F)cc3OCCOC)cc2[C@H]1C. The molecule has 2 aromatic carbocycles. The van der Waals surface area contributed by atoms with Crippen LogP contribution in [0.1, 0.15) is 43.6 Å². The number of ether oxygens (including phenoxy) is 2. The lowest BCUT2D eigenvalue weighted by Crippen LogP contribution is -2.43. The van der Waals surface area contributed by atoms with Crippen LogP contribution < -0.4 is 4.74 Å². The van der Waals surface area contributed by atoms with Gasteiger partial charge in [-0.25, -0.2) is 13.8 Å². The van der Waals surface area contributed by atoms with E-state index in [1.54, 1.807) is 4.90 Å². The number of hydrogen-bond donors (Lipinski definition) is 0. The molecule has 0 aliphatic carbocycles. The smallest absolute Gasteiger partial charge is 0.246 e. The summed E-state index contributed by atoms with van der Waals surface area (Å²) < 4.78 is 44.7. The molecule has 0 bridgehead atoms. The van der Waals surface area contributed by atoms with Crippen LogP contribution in [0.2, 0.25) is 0 Å². The fourth-order valence-corrected chi connectivity index (χ4v) is 8.11. The van der Waals surface area contributed by atoms with Crippen LogP contribution in [-0.4, -0.2) is 70.9 Å². The zero-order chi connectivity index (χ0) is 34.6. The Balaban J connectivity index is 1.48. The number of nitrogens with zero attached hydrogens (tertiary/aromatic N) is 5. The van der Waals surface area contributed by atoms with E-state index in [1.165, 1.54) is 41.7 Å². The van der Waals surface area contributed by atoms with Crippen molar-refractivity contribution in [3.8, 4) is 39.5 Å². The molecule has 1 amide bonds. The Morgan fingerprint density at radius 2 is 1.90 bits per heavy atom. The molecule has 2 aliphatic rings. The van der Waals surface area contributed by atoms with Crippen LogP contribution in [0.25, 0.3) is 43.9 Å². The number of carbonyl (C=O) groups excluding carboxylic acids is 1. The van der Waals surface area contributed by atoms with Gasteiger partial charge >= 0.3 is 0 Å². The molecule has 11 heteroatoms. The molecule has 0 saturated carbocycles. The van der Waals surface area contributed by atoms with Crippen molar-refractivity contribution in [3.63, 3.8) is 0 Å². The summed E-state index contributed by atoms with van der Waals surface area (Å²) in [6.07, 6.45) is 2.23. The van der Waals surface area contributed by atoms with E-state index < -0.39 is 11.6 Å². The second-order valence-corrected chi connectivity index (χ2v) is 14.1. The summed E-state index contributed by atoms with van der Waals surface area (Å²) in [5.41, 5.74) is 6.52. The molecule has 49 heavy (non-hydrogen) atoms. The number of pyridine rings is 1. The van der Waals surface area contributed by atoms with Gasteiger partial charge in [-0.2, -0.15) is 5.10 Å². The standard InChI is InChI=1S/C38H39F2N5O3S/c1-7-32(46)44-13-14-45-30(22(44)2)21-29(42-45)36-34(33-28(40)19-25(39)20-31(33)48-16-15-47-6)37-26(11-17-49-37)35(41-36)24-8-9-27-23(18-24)10-12-43(5)38(27,3)4/h7-9,11,17-22H,1,10,12-16H2,2-6H3/t22-/m1/s1. The van der Waals surface area contributed by atoms with Crippen LogP contribution in [0.5, 0.6) is 5.75 Å². The lowest BCUT2D eigenvalue weighted by molar-refractivity contribution is -0.129. The number of thiophene rings is 1. The zero-order valence-electron chi connectivity index (χ0n) is 28.3. The first-order chi connectivity index (χ1) is 23.5. The summed E-state index contributed by atoms with van der Waals surface area (Å²) in [6, 6.07) is 12.2. The molecule has 3 aromatic heterocycles. The average molecular weight is 684 g/mol. The van der Waals surface area contributed by atoms with Gasteiger partial charge in [-0.15, -0.1) is 11.3 Å². The zero-order valence-corrected chi connectivity index (χ0v) is 29.2. The van der Waals surface area contributed by atoms with E-state index in [-0.39, 0.29) is 42.0 Å². The van der Waals surface area contributed by atoms with Gasteiger partial charge in [0.1, 0.15) is 35.4 Å². The molecule has 8 nitrogen and oxygen atoms in total. The van der Waals surface area contributed by atoms with Crippen LogP contribution in [0, 0.1) is 11.6 Å². The predicted molar refractivity (Wildman–Crippen MR) is 189 cm³/mol. The molecule has 0 unspecified atom stereocenters. The van der Waals surface area contributed by atoms with E-state index in [1.807, 2.05) is 29.1 Å². The first-order valence-electron chi connectivity index (χ1n) is 16.4. The molecule has 254 valence electrons. The van der Waals surface area contributed by atoms with Crippen molar-refractivity contribution in [1.82, 2.24) is 24.6 Å². The largest absolute Gasteiger partial charge is 0.490 e. The van der Waals surface area contributed by atoms with Gasteiger partial charge < -0.3 is 14.4 Å². The number of halogens is 2. The predicted octanol–water partition coefficient (Wildman–Crippen LogP) is 7.61. The van der Waals surface area contributed by atoms with Crippen molar-refractivity contribution in [2.45, 2.75) is 45.3 Å². The van der Waals surface area contributed by atoms with Gasteiger partial charge in [0.05, 0.1) is 36.1 Å². The third-order valence-corrected chi connectivity index (χ3v) is 11.0. The highest BCUT2D eigenvalue weighted by atomic mass is 32.1. The Bertz CT molecular complexity index is 2100. The average Bonchev–Trinajstić information content (AvgIpc) is 3.75. The summed E-state index contributed by atoms with van der Waals surface area (Å²) in [4.78, 5) is 22.1. The molecule has 2 aliphatic heterocycles. The monoisotopic (exact) mass is 683 g/mol. The molecule has 0 fully saturated rings. The van der Waals surface area contributed by atoms with E-state index in [2.05, 4.69) is 50.6 Å². The van der Waals surface area contributed by atoms with Crippen LogP contribution >= 0.6 is 11.3 Å². The van der Waals surface area contributed by atoms with Crippen LogP contribution in [-0.2, 0) is 28.0 Å². The van der Waals surface area contributed by atoms with E-state index in [0.29, 0.717) is 30.0 Å². The van der Waals surface area contributed by atoms with Gasteiger partial charge in [-0.1, -0.05) is 18.7 Å². The first-order valence-corrected chi connectivity index (χ1v) is 17.3. The van der Waals surface area contributed by atoms with Gasteiger partial charge in [0, 0.05) is 59.1 Å². The molecular weight excluding hydrogens is 645 g/mol. The summed E-state index contributed by atoms with van der Waals surface area (Å²) in [5.74, 6) is -1.61. The Morgan fingerprint density at radius 1 is 1.08 bits per heavy atom. The molecule has 5 aromatic rings. The van der Waals surface area contributed by atoms with Crippen LogP contribution in [0.3, 0.4) is 0 Å². The summed E-state index contributed by atoms with van der Waals surface area (Å²) >= 11 is 1.46. The number of methoxy groups -OCH3 is 1. The number of benzene rings is 2. The highest BCUT2D eigenvalue weighted by Crippen LogP contribution is 2.48. The van der Waals surface area contributed by atoms with Crippen molar-refractivity contribution in [1.29, 1.82) is 0 Å². The molecule has 0 spiro atoms. The number of amides is 1. The summed E-state index contributed by atoms with van der Waals surface area (Å²) in [5, 5.41) is 7.80. The van der Waals surface area contributed by atoms with E-state index in [4.69, 9.17) is 19.6 Å². The number of hydrogen-bond acceptors (Lipinski definition) is 7. The summed E-state index contributed by atoms with van der Waals surface area (Å²) in [6.45, 7) is 12.3. The van der Waals surface area contributed by atoms with Crippen molar-refractivity contribution in [3.05, 3.63) is 89.0 Å². The van der Waals surface area contributed by atoms with Crippen molar-refractivity contribution in [2.75, 3.05) is 40.5 Å². The lowest BCUT2D eigenvalue weighted by Gasteiger charge is -2.41. The third-order valence-electron chi connectivity index (χ3n) is 10.1. The Hall–Kier alpha value is -4.45. The molecule has 0 radical (unpaired) electrons. The van der Waals surface area contributed by atoms with Gasteiger partial charge in [-0.05, 0) is 75.0 Å². The van der Waals surface area contributed by atoms with Crippen LogP contribution in [0.15, 0.2) is 60.5 Å². The lowest BCUT2D eigenvalue weighted by atomic mass is 9.82. The van der Waals surface area contributed by atoms with Gasteiger partial charge in [0.15, 0.2) is 0 Å². The summed E-state index contributed by atoms with van der Waals surface area (Å²) in [7, 11) is 3.69. The molecule has 0 N–H and O–H groups in total. The van der Waals surface area contributed by atoms with Crippen molar-refractivity contribution in [2.24, 2.45) is 0 Å². The van der Waals surface area contributed by atoms with Gasteiger partial charge in [0.2, 0.25) is 5.91 Å². The van der Waals surface area contributed by atoms with E-state index in [9.17, 15) is 9.18 Å². The third kappa shape index (κ3) is 5.63. The Kier molecular flexibility index (Phi) is 8.62. The van der Waals surface area contributed by atoms with Gasteiger partial charge in [0.25, 0.3) is 0 Å². The second-order valence-electron chi connectivity index (χ2n) is 13.1. The normalized spacial score (nSPS) is 17.2. The first kappa shape index (κ1) is 33.1. The molecule has 0 saturated heterocycles. The van der Waals surface area contributed by atoms with Crippen molar-refractivity contribution < 1.29 is 23.0 Å². The fourth-order valence-electron chi connectivity index (χ4n) is 7.16. The fraction of sp³-hybridized carbons (Fsp3) is 0.342. The number of likely N-dealkylation sites (N-methyl/N-ethyl adjacent to an activating group) is 1. The number of aromatic nitrogens is 3. The Labute approximate surface area is 288 Å². The Morgan fingerprint density at radius 3 is 2.67 bits per heavy atom. The molecule has 7 rings (SSSR count). The topological polar surface area (TPSA) is 72.7 Å². The number of fused-ring (bicyclic) bond motifs is 3. The maximum Gasteiger partial charge on any atom is 0.246 e. The highest BCUT2D eigenvalue weighted by Gasteiger charge is 2.34. The molecular formula is C38H39F2N5O3S. The van der Waals surface area contributed by atoms with Gasteiger partial charge in [-0.3, -0.25) is 14.4 Å². The van der Waals surface area contributed by atoms with E-state index >= 15 is 4.39 Å². The highest BCUT2D eigenvalue weighted by molar-refractivity contribution is 7.18. The minimum atomic E-state index is -0.766. The number of rotatable bonds is 8. The maximum atomic E-state index is 16.2. The molecule has 1 atom stereocenters. The van der Waals surface area contributed by atoms with E-state index in [0.717, 1.165) is 46.1 Å². The minimum Gasteiger partial charge on any atom is -0.490 e. The maximum absolute atomic E-state index is 16.2. The molecule has 5 heterocycles.